The standard InChI is InChI=1S/C12H18F3NO4/c1-20-11(19)8-4-6-16(5-2-3-10(17)18)9(7-8)12(13,14)15/h8-9H,2-7H2,1H3,(H,17,18)/t8-,9+/m0/s1. The zero-order chi connectivity index (χ0) is 15.3. The number of hydrogen-bond donors (Lipinski definition) is 1. The molecule has 1 fully saturated rings. The molecular formula is C12H18F3NO4. The molecule has 20 heavy (non-hydrogen) atoms. The van der Waals surface area contributed by atoms with E-state index in [9.17, 15) is 22.8 Å². The normalized spacial score (nSPS) is 24.4. The Balaban J connectivity index is 2.65. The highest BCUT2D eigenvalue weighted by molar-refractivity contribution is 5.72. The Morgan fingerprint density at radius 2 is 2.05 bits per heavy atom. The molecular weight excluding hydrogens is 279 g/mol. The van der Waals surface area contributed by atoms with Gasteiger partial charge >= 0.3 is 18.1 Å². The van der Waals surface area contributed by atoms with Crippen molar-refractivity contribution in [1.29, 1.82) is 0 Å². The van der Waals surface area contributed by atoms with E-state index in [0.717, 1.165) is 7.11 Å². The molecule has 0 aromatic rings. The van der Waals surface area contributed by atoms with Gasteiger partial charge in [-0.3, -0.25) is 14.5 Å². The third-order valence-electron chi connectivity index (χ3n) is 3.46. The van der Waals surface area contributed by atoms with Crippen molar-refractivity contribution in [3.8, 4) is 0 Å². The summed E-state index contributed by atoms with van der Waals surface area (Å²) in [7, 11) is 1.16. The van der Waals surface area contributed by atoms with Crippen LogP contribution in [0.2, 0.25) is 0 Å². The van der Waals surface area contributed by atoms with Crippen molar-refractivity contribution in [2.75, 3.05) is 20.2 Å². The van der Waals surface area contributed by atoms with Gasteiger partial charge in [0.15, 0.2) is 0 Å². The molecule has 1 heterocycles. The van der Waals surface area contributed by atoms with Crippen molar-refractivity contribution >= 4 is 11.9 Å². The summed E-state index contributed by atoms with van der Waals surface area (Å²) in [4.78, 5) is 23.0. The predicted octanol–water partition coefficient (Wildman–Crippen LogP) is 1.67. The summed E-state index contributed by atoms with van der Waals surface area (Å²) in [6.07, 6.45) is -4.47. The molecule has 0 spiro atoms. The summed E-state index contributed by atoms with van der Waals surface area (Å²) in [5, 5.41) is 8.51. The highest BCUT2D eigenvalue weighted by atomic mass is 19.4. The average Bonchev–Trinajstić information content (AvgIpc) is 2.36. The van der Waals surface area contributed by atoms with Crippen molar-refractivity contribution in [2.24, 2.45) is 5.92 Å². The lowest BCUT2D eigenvalue weighted by Crippen LogP contribution is -2.52. The van der Waals surface area contributed by atoms with Crippen LogP contribution in [-0.2, 0) is 14.3 Å². The van der Waals surface area contributed by atoms with Crippen LogP contribution in [0.1, 0.15) is 25.7 Å². The molecule has 0 aliphatic carbocycles. The number of carboxylic acid groups (broad SMARTS) is 1. The van der Waals surface area contributed by atoms with Gasteiger partial charge in [-0.05, 0) is 32.4 Å². The van der Waals surface area contributed by atoms with Crippen LogP contribution in [-0.4, -0.2) is 54.4 Å². The molecule has 1 aliphatic heterocycles. The Kier molecular flexibility index (Phi) is 5.79. The lowest BCUT2D eigenvalue weighted by Gasteiger charge is -2.39. The second-order valence-corrected chi connectivity index (χ2v) is 4.84. The molecule has 0 unspecified atom stereocenters. The third kappa shape index (κ3) is 4.66. The zero-order valence-electron chi connectivity index (χ0n) is 11.2. The quantitative estimate of drug-likeness (QED) is 0.782. The number of carbonyl (C=O) groups is 2. The molecule has 5 nitrogen and oxygen atoms in total. The Labute approximate surface area is 114 Å². The second kappa shape index (κ2) is 6.92. The first-order chi connectivity index (χ1) is 9.25. The number of aliphatic carboxylic acids is 1. The van der Waals surface area contributed by atoms with Gasteiger partial charge in [-0.15, -0.1) is 0 Å². The smallest absolute Gasteiger partial charge is 0.404 e. The summed E-state index contributed by atoms with van der Waals surface area (Å²) in [6, 6.07) is -1.71. The summed E-state index contributed by atoms with van der Waals surface area (Å²) in [6.45, 7) is 0.175. The van der Waals surface area contributed by atoms with Crippen molar-refractivity contribution in [3.05, 3.63) is 0 Å². The van der Waals surface area contributed by atoms with Crippen LogP contribution in [0.25, 0.3) is 0 Å². The van der Waals surface area contributed by atoms with E-state index < -0.39 is 30.1 Å². The number of halogens is 3. The summed E-state index contributed by atoms with van der Waals surface area (Å²) >= 11 is 0. The van der Waals surface area contributed by atoms with Gasteiger partial charge in [0.1, 0.15) is 6.04 Å². The van der Waals surface area contributed by atoms with Gasteiger partial charge in [-0.25, -0.2) is 0 Å². The molecule has 1 aliphatic rings. The van der Waals surface area contributed by atoms with Crippen LogP contribution in [0.4, 0.5) is 13.2 Å². The van der Waals surface area contributed by atoms with Crippen molar-refractivity contribution < 1.29 is 32.6 Å². The number of esters is 1. The van der Waals surface area contributed by atoms with Crippen molar-refractivity contribution in [1.82, 2.24) is 4.90 Å². The van der Waals surface area contributed by atoms with Crippen LogP contribution < -0.4 is 0 Å². The number of ether oxygens (including phenoxy) is 1. The number of nitrogens with zero attached hydrogens (tertiary/aromatic N) is 1. The van der Waals surface area contributed by atoms with Gasteiger partial charge < -0.3 is 9.84 Å². The van der Waals surface area contributed by atoms with Crippen LogP contribution >= 0.6 is 0 Å². The molecule has 0 radical (unpaired) electrons. The largest absolute Gasteiger partial charge is 0.481 e. The average molecular weight is 297 g/mol. The predicted molar refractivity (Wildman–Crippen MR) is 63.0 cm³/mol. The maximum Gasteiger partial charge on any atom is 0.404 e. The highest BCUT2D eigenvalue weighted by Gasteiger charge is 2.47. The van der Waals surface area contributed by atoms with E-state index in [-0.39, 0.29) is 32.4 Å². The van der Waals surface area contributed by atoms with E-state index in [1.54, 1.807) is 0 Å². The number of methoxy groups -OCH3 is 1. The molecule has 0 aromatic carbocycles. The summed E-state index contributed by atoms with van der Waals surface area (Å²) in [5.41, 5.74) is 0. The minimum atomic E-state index is -4.43. The molecule has 1 N–H and O–H groups in total. The second-order valence-electron chi connectivity index (χ2n) is 4.84. The SMILES string of the molecule is COC(=O)[C@H]1CCN(CCCC(=O)O)[C@@H](C(F)(F)F)C1. The maximum absolute atomic E-state index is 13.0. The first-order valence-corrected chi connectivity index (χ1v) is 6.36. The number of likely N-dealkylation sites (tertiary alicyclic amines) is 1. The number of carbonyl (C=O) groups excluding carboxylic acids is 1. The fourth-order valence-corrected chi connectivity index (χ4v) is 2.44. The van der Waals surface area contributed by atoms with Gasteiger partial charge in [-0.1, -0.05) is 0 Å². The lowest BCUT2D eigenvalue weighted by atomic mass is 9.90. The Morgan fingerprint density at radius 3 is 2.55 bits per heavy atom. The molecule has 8 heteroatoms. The van der Waals surface area contributed by atoms with E-state index in [2.05, 4.69) is 4.74 Å². The fourth-order valence-electron chi connectivity index (χ4n) is 2.44. The topological polar surface area (TPSA) is 66.8 Å². The Hall–Kier alpha value is -1.31. The third-order valence-corrected chi connectivity index (χ3v) is 3.46. The monoisotopic (exact) mass is 297 g/mol. The molecule has 116 valence electrons. The van der Waals surface area contributed by atoms with Gasteiger partial charge in [0.25, 0.3) is 0 Å². The van der Waals surface area contributed by atoms with E-state index in [4.69, 9.17) is 5.11 Å². The summed E-state index contributed by atoms with van der Waals surface area (Å²) in [5.74, 6) is -2.40. The molecule has 1 rings (SSSR count). The molecule has 1 saturated heterocycles. The van der Waals surface area contributed by atoms with E-state index in [1.165, 1.54) is 4.90 Å². The first kappa shape index (κ1) is 16.7. The summed E-state index contributed by atoms with van der Waals surface area (Å²) < 4.78 is 43.5. The van der Waals surface area contributed by atoms with E-state index in [0.29, 0.717) is 6.42 Å². The van der Waals surface area contributed by atoms with Crippen LogP contribution in [0.5, 0.6) is 0 Å². The number of alkyl halides is 3. The highest BCUT2D eigenvalue weighted by Crippen LogP contribution is 2.34. The maximum atomic E-state index is 13.0. The number of hydrogen-bond acceptors (Lipinski definition) is 4. The van der Waals surface area contributed by atoms with Gasteiger partial charge in [-0.2, -0.15) is 13.2 Å². The Morgan fingerprint density at radius 1 is 1.40 bits per heavy atom. The Bertz CT molecular complexity index is 359. The van der Waals surface area contributed by atoms with Crippen LogP contribution in [0.15, 0.2) is 0 Å². The number of carboxylic acids is 1. The van der Waals surface area contributed by atoms with Crippen molar-refractivity contribution in [2.45, 2.75) is 37.9 Å². The van der Waals surface area contributed by atoms with Crippen molar-refractivity contribution in [3.63, 3.8) is 0 Å². The van der Waals surface area contributed by atoms with E-state index >= 15 is 0 Å². The van der Waals surface area contributed by atoms with E-state index in [1.807, 2.05) is 0 Å². The molecule has 0 saturated carbocycles. The molecule has 2 atom stereocenters. The minimum Gasteiger partial charge on any atom is -0.481 e. The van der Waals surface area contributed by atoms with Gasteiger partial charge in [0.05, 0.1) is 13.0 Å². The molecule has 0 bridgehead atoms. The minimum absolute atomic E-state index is 0.0599. The zero-order valence-corrected chi connectivity index (χ0v) is 11.2. The lowest BCUT2D eigenvalue weighted by molar-refractivity contribution is -0.198. The fraction of sp³-hybridized carbons (Fsp3) is 0.833. The molecule has 0 aromatic heterocycles. The number of piperidine rings is 1. The van der Waals surface area contributed by atoms with Crippen LogP contribution in [0, 0.1) is 5.92 Å². The van der Waals surface area contributed by atoms with Crippen LogP contribution in [0.3, 0.4) is 0 Å². The number of rotatable bonds is 5. The first-order valence-electron chi connectivity index (χ1n) is 6.36. The van der Waals surface area contributed by atoms with Gasteiger partial charge in [0.2, 0.25) is 0 Å². The molecule has 0 amide bonds. The van der Waals surface area contributed by atoms with Gasteiger partial charge in [0, 0.05) is 6.42 Å².